The number of esters is 1. The summed E-state index contributed by atoms with van der Waals surface area (Å²) >= 11 is 5.49. The van der Waals surface area contributed by atoms with E-state index in [-0.39, 0.29) is 11.8 Å². The van der Waals surface area contributed by atoms with Gasteiger partial charge in [0.1, 0.15) is 17.5 Å². The number of halogens is 1. The van der Waals surface area contributed by atoms with Crippen LogP contribution in [0.15, 0.2) is 30.3 Å². The molecule has 0 saturated heterocycles. The Labute approximate surface area is 130 Å². The van der Waals surface area contributed by atoms with Gasteiger partial charge < -0.3 is 10.1 Å². The Morgan fingerprint density at radius 3 is 2.38 bits per heavy atom. The van der Waals surface area contributed by atoms with E-state index in [4.69, 9.17) is 16.3 Å². The van der Waals surface area contributed by atoms with Crippen molar-refractivity contribution in [3.8, 4) is 0 Å². The van der Waals surface area contributed by atoms with Gasteiger partial charge >= 0.3 is 5.97 Å². The first-order valence-corrected chi connectivity index (χ1v) is 7.47. The maximum atomic E-state index is 12.2. The number of hydrogen-bond donors (Lipinski definition) is 1. The van der Waals surface area contributed by atoms with Gasteiger partial charge in [-0.25, -0.2) is 4.79 Å². The van der Waals surface area contributed by atoms with Crippen LogP contribution >= 0.6 is 11.6 Å². The summed E-state index contributed by atoms with van der Waals surface area (Å²) in [5.74, 6) is -0.984. The third-order valence-electron chi connectivity index (χ3n) is 2.71. The van der Waals surface area contributed by atoms with Crippen LogP contribution in [0.5, 0.6) is 0 Å². The molecule has 1 amide bonds. The molecule has 116 valence electrons. The fourth-order valence-corrected chi connectivity index (χ4v) is 1.89. The molecule has 1 unspecified atom stereocenters. The Bertz CT molecular complexity index is 468. The van der Waals surface area contributed by atoms with Gasteiger partial charge in [0.2, 0.25) is 5.91 Å². The van der Waals surface area contributed by atoms with E-state index in [0.29, 0.717) is 12.8 Å². The Morgan fingerprint density at radius 1 is 1.24 bits per heavy atom. The summed E-state index contributed by atoms with van der Waals surface area (Å²) in [7, 11) is 0. The number of amides is 1. The molecule has 1 N–H and O–H groups in total. The van der Waals surface area contributed by atoms with Crippen LogP contribution in [0.25, 0.3) is 0 Å². The maximum absolute atomic E-state index is 12.2. The molecule has 1 atom stereocenters. The smallest absolute Gasteiger partial charge is 0.329 e. The summed E-state index contributed by atoms with van der Waals surface area (Å²) < 4.78 is 5.34. The average molecular weight is 312 g/mol. The van der Waals surface area contributed by atoms with Gasteiger partial charge in [-0.2, -0.15) is 0 Å². The number of alkyl halides is 1. The second-order valence-electron chi connectivity index (χ2n) is 5.81. The van der Waals surface area contributed by atoms with Gasteiger partial charge in [0.15, 0.2) is 0 Å². The molecular formula is C16H22ClNO3. The van der Waals surface area contributed by atoms with Gasteiger partial charge in [0, 0.05) is 0 Å². The normalized spacial score (nSPS) is 12.6. The number of nitrogens with one attached hydrogen (secondary N) is 1. The highest BCUT2D eigenvalue weighted by Crippen LogP contribution is 2.12. The van der Waals surface area contributed by atoms with E-state index in [0.717, 1.165) is 5.56 Å². The molecule has 1 rings (SSSR count). The van der Waals surface area contributed by atoms with E-state index in [2.05, 4.69) is 5.32 Å². The number of carbonyl (C=O) groups excluding carboxylic acids is 2. The third-order valence-corrected chi connectivity index (χ3v) is 2.96. The zero-order chi connectivity index (χ0) is 15.9. The van der Waals surface area contributed by atoms with Gasteiger partial charge in [0.05, 0.1) is 0 Å². The van der Waals surface area contributed by atoms with Crippen LogP contribution < -0.4 is 5.32 Å². The van der Waals surface area contributed by atoms with Gasteiger partial charge in [-0.3, -0.25) is 4.79 Å². The molecule has 0 aliphatic heterocycles. The summed E-state index contributed by atoms with van der Waals surface area (Å²) in [6, 6.07) is 9.09. The monoisotopic (exact) mass is 311 g/mol. The second-order valence-corrected chi connectivity index (χ2v) is 6.08. The molecule has 0 fully saturated rings. The highest BCUT2D eigenvalue weighted by atomic mass is 35.5. The summed E-state index contributed by atoms with van der Waals surface area (Å²) in [6.07, 6.45) is 1.15. The van der Waals surface area contributed by atoms with Crippen LogP contribution in [0.2, 0.25) is 0 Å². The molecule has 0 saturated carbocycles. The second kappa shape index (κ2) is 8.03. The van der Waals surface area contributed by atoms with Crippen molar-refractivity contribution in [2.24, 2.45) is 0 Å². The number of carbonyl (C=O) groups is 2. The fourth-order valence-electron chi connectivity index (χ4n) is 1.81. The summed E-state index contributed by atoms with van der Waals surface area (Å²) in [6.45, 7) is 5.38. The van der Waals surface area contributed by atoms with Crippen molar-refractivity contribution in [1.82, 2.24) is 5.32 Å². The lowest BCUT2D eigenvalue weighted by Gasteiger charge is -2.24. The minimum absolute atomic E-state index is 0.176. The van der Waals surface area contributed by atoms with Gasteiger partial charge in [-0.05, 0) is 39.2 Å². The van der Waals surface area contributed by atoms with Crippen molar-refractivity contribution in [2.45, 2.75) is 45.3 Å². The van der Waals surface area contributed by atoms with E-state index in [1.807, 2.05) is 30.3 Å². The molecule has 0 aliphatic carbocycles. The molecule has 0 aromatic heterocycles. The molecule has 21 heavy (non-hydrogen) atoms. The van der Waals surface area contributed by atoms with Crippen LogP contribution in [0, 0.1) is 0 Å². The Kier molecular flexibility index (Phi) is 6.69. The molecule has 1 aromatic rings. The Balaban J connectivity index is 2.68. The summed E-state index contributed by atoms with van der Waals surface area (Å²) in [5, 5.41) is 2.61. The first kappa shape index (κ1) is 17.5. The van der Waals surface area contributed by atoms with E-state index in [1.54, 1.807) is 20.8 Å². The zero-order valence-corrected chi connectivity index (χ0v) is 13.4. The fraction of sp³-hybridized carbons (Fsp3) is 0.500. The average Bonchev–Trinajstić information content (AvgIpc) is 2.42. The van der Waals surface area contributed by atoms with Gasteiger partial charge in [-0.15, -0.1) is 11.6 Å². The van der Waals surface area contributed by atoms with Crippen molar-refractivity contribution in [3.05, 3.63) is 35.9 Å². The highest BCUT2D eigenvalue weighted by molar-refractivity contribution is 6.27. The third kappa shape index (κ3) is 7.14. The number of ether oxygens (including phenoxy) is 1. The van der Waals surface area contributed by atoms with Crippen LogP contribution in [0.1, 0.15) is 32.8 Å². The Hall–Kier alpha value is -1.55. The predicted octanol–water partition coefficient (Wildman–Crippen LogP) is 2.68. The van der Waals surface area contributed by atoms with Crippen LogP contribution in [0.4, 0.5) is 0 Å². The molecule has 0 spiro atoms. The lowest BCUT2D eigenvalue weighted by atomic mass is 10.0. The first-order chi connectivity index (χ1) is 9.81. The van der Waals surface area contributed by atoms with E-state index >= 15 is 0 Å². The lowest BCUT2D eigenvalue weighted by Crippen LogP contribution is -2.44. The summed E-state index contributed by atoms with van der Waals surface area (Å²) in [5.41, 5.74) is 0.513. The number of rotatable bonds is 6. The van der Waals surface area contributed by atoms with Crippen molar-refractivity contribution < 1.29 is 14.3 Å². The molecule has 0 heterocycles. The molecule has 5 heteroatoms. The van der Waals surface area contributed by atoms with E-state index in [9.17, 15) is 9.59 Å². The van der Waals surface area contributed by atoms with Gasteiger partial charge in [-0.1, -0.05) is 30.3 Å². The van der Waals surface area contributed by atoms with Crippen molar-refractivity contribution in [2.75, 3.05) is 5.88 Å². The van der Waals surface area contributed by atoms with Crippen molar-refractivity contribution in [1.29, 1.82) is 0 Å². The number of benzene rings is 1. The molecule has 1 aromatic carbocycles. The van der Waals surface area contributed by atoms with Crippen LogP contribution in [-0.4, -0.2) is 29.4 Å². The lowest BCUT2D eigenvalue weighted by molar-refractivity contribution is -0.158. The highest BCUT2D eigenvalue weighted by Gasteiger charge is 2.26. The number of hydrogen-bond acceptors (Lipinski definition) is 3. The SMILES string of the molecule is CC(C)(C)OC(=O)C(CCc1ccccc1)NC(=O)CCl. The first-order valence-electron chi connectivity index (χ1n) is 6.94. The standard InChI is InChI=1S/C16H22ClNO3/c1-16(2,3)21-15(20)13(18-14(19)11-17)10-9-12-7-5-4-6-8-12/h4-8,13H,9-11H2,1-3H3,(H,18,19). The molecule has 0 aliphatic rings. The molecular weight excluding hydrogens is 290 g/mol. The maximum Gasteiger partial charge on any atom is 0.329 e. The largest absolute Gasteiger partial charge is 0.458 e. The zero-order valence-electron chi connectivity index (χ0n) is 12.7. The topological polar surface area (TPSA) is 55.4 Å². The minimum Gasteiger partial charge on any atom is -0.458 e. The Morgan fingerprint density at radius 2 is 1.86 bits per heavy atom. The summed E-state index contributed by atoms with van der Waals surface area (Å²) in [4.78, 5) is 23.6. The van der Waals surface area contributed by atoms with E-state index in [1.165, 1.54) is 0 Å². The van der Waals surface area contributed by atoms with Crippen LogP contribution in [0.3, 0.4) is 0 Å². The minimum atomic E-state index is -0.685. The molecule has 0 radical (unpaired) electrons. The predicted molar refractivity (Wildman–Crippen MR) is 83.3 cm³/mol. The van der Waals surface area contributed by atoms with Crippen molar-refractivity contribution >= 4 is 23.5 Å². The quantitative estimate of drug-likeness (QED) is 0.649. The van der Waals surface area contributed by atoms with Gasteiger partial charge in [0.25, 0.3) is 0 Å². The van der Waals surface area contributed by atoms with E-state index < -0.39 is 17.6 Å². The molecule has 4 nitrogen and oxygen atoms in total. The van der Waals surface area contributed by atoms with Crippen LogP contribution in [-0.2, 0) is 20.7 Å². The number of aryl methyl sites for hydroxylation is 1. The molecule has 0 bridgehead atoms. The van der Waals surface area contributed by atoms with Crippen molar-refractivity contribution in [3.63, 3.8) is 0 Å².